The molecule has 2 aromatic rings. The summed E-state index contributed by atoms with van der Waals surface area (Å²) in [7, 11) is 0. The van der Waals surface area contributed by atoms with E-state index in [1.807, 2.05) is 23.1 Å². The van der Waals surface area contributed by atoms with Crippen LogP contribution in [-0.4, -0.2) is 16.9 Å². The topological polar surface area (TPSA) is 33.2 Å². The average molecular weight is 273 g/mol. The number of nitrogens with zero attached hydrogens (tertiary/aromatic N) is 2. The maximum Gasteiger partial charge on any atom is 0.258 e. The first kappa shape index (κ1) is 12.2. The fraction of sp³-hybridized carbons (Fsp3) is 0.200. The van der Waals surface area contributed by atoms with Crippen LogP contribution in [0.5, 0.6) is 0 Å². The Morgan fingerprint density at radius 3 is 2.95 bits per heavy atom. The standard InChI is InChI=1S/C15H13ClN2O/c1-10-8-11-4-2-3-5-13(11)18(10)15(19)12-6-7-17-14(16)9-12/h2-7,9-10H,8H2,1H3. The number of carbonyl (C=O) groups is 1. The Balaban J connectivity index is 2.01. The summed E-state index contributed by atoms with van der Waals surface area (Å²) in [5, 5.41) is 0.339. The predicted molar refractivity (Wildman–Crippen MR) is 75.7 cm³/mol. The van der Waals surface area contributed by atoms with E-state index in [-0.39, 0.29) is 11.9 Å². The Bertz CT molecular complexity index is 642. The monoisotopic (exact) mass is 272 g/mol. The molecule has 4 heteroatoms. The van der Waals surface area contributed by atoms with Crippen molar-refractivity contribution in [2.45, 2.75) is 19.4 Å². The van der Waals surface area contributed by atoms with E-state index in [9.17, 15) is 4.79 Å². The number of hydrogen-bond acceptors (Lipinski definition) is 2. The molecule has 3 rings (SSSR count). The van der Waals surface area contributed by atoms with Crippen molar-refractivity contribution in [3.05, 3.63) is 58.9 Å². The summed E-state index contributed by atoms with van der Waals surface area (Å²) in [6.45, 7) is 2.06. The van der Waals surface area contributed by atoms with E-state index in [4.69, 9.17) is 11.6 Å². The van der Waals surface area contributed by atoms with E-state index >= 15 is 0 Å². The highest BCUT2D eigenvalue weighted by Crippen LogP contribution is 2.33. The van der Waals surface area contributed by atoms with Gasteiger partial charge in [0.15, 0.2) is 0 Å². The molecule has 19 heavy (non-hydrogen) atoms. The van der Waals surface area contributed by atoms with E-state index in [2.05, 4.69) is 18.0 Å². The lowest BCUT2D eigenvalue weighted by Crippen LogP contribution is -2.35. The average Bonchev–Trinajstić information content (AvgIpc) is 2.74. The van der Waals surface area contributed by atoms with Gasteiger partial charge in [-0.15, -0.1) is 0 Å². The molecule has 96 valence electrons. The minimum atomic E-state index is -0.0262. The van der Waals surface area contributed by atoms with Crippen LogP contribution in [0.3, 0.4) is 0 Å². The van der Waals surface area contributed by atoms with Crippen LogP contribution in [0.15, 0.2) is 42.6 Å². The van der Waals surface area contributed by atoms with Crippen molar-refractivity contribution in [2.75, 3.05) is 4.90 Å². The quantitative estimate of drug-likeness (QED) is 0.746. The number of carbonyl (C=O) groups excluding carboxylic acids is 1. The van der Waals surface area contributed by atoms with Crippen molar-refractivity contribution < 1.29 is 4.79 Å². The van der Waals surface area contributed by atoms with Gasteiger partial charge in [-0.1, -0.05) is 29.8 Å². The van der Waals surface area contributed by atoms with Crippen LogP contribution in [0, 0.1) is 0 Å². The van der Waals surface area contributed by atoms with Crippen LogP contribution < -0.4 is 4.90 Å². The van der Waals surface area contributed by atoms with Crippen molar-refractivity contribution in [2.24, 2.45) is 0 Å². The third kappa shape index (κ3) is 2.10. The first-order chi connectivity index (χ1) is 9.16. The molecule has 0 N–H and O–H groups in total. The lowest BCUT2D eigenvalue weighted by atomic mass is 10.1. The molecule has 1 aliphatic rings. The summed E-state index contributed by atoms with van der Waals surface area (Å²) in [5.74, 6) is -0.0262. The van der Waals surface area contributed by atoms with Gasteiger partial charge in [-0.25, -0.2) is 4.98 Å². The molecule has 0 saturated heterocycles. The molecule has 1 aromatic heterocycles. The van der Waals surface area contributed by atoms with Crippen LogP contribution in [0.2, 0.25) is 5.15 Å². The van der Waals surface area contributed by atoms with Crippen molar-refractivity contribution in [1.82, 2.24) is 4.98 Å². The lowest BCUT2D eigenvalue weighted by Gasteiger charge is -2.22. The van der Waals surface area contributed by atoms with Gasteiger partial charge in [-0.05, 0) is 37.1 Å². The fourth-order valence-corrected chi connectivity index (χ4v) is 2.72. The molecule has 0 aliphatic carbocycles. The molecule has 0 radical (unpaired) electrons. The molecule has 1 aromatic carbocycles. The summed E-state index contributed by atoms with van der Waals surface area (Å²) in [5.41, 5.74) is 2.78. The van der Waals surface area contributed by atoms with E-state index in [1.165, 1.54) is 5.56 Å². The molecule has 0 bridgehead atoms. The van der Waals surface area contributed by atoms with Gasteiger partial charge in [0, 0.05) is 23.5 Å². The Labute approximate surface area is 116 Å². The van der Waals surface area contributed by atoms with E-state index in [0.717, 1.165) is 12.1 Å². The number of halogens is 1. The zero-order chi connectivity index (χ0) is 13.4. The predicted octanol–water partition coefficient (Wildman–Crippen LogP) is 3.33. The van der Waals surface area contributed by atoms with Crippen molar-refractivity contribution >= 4 is 23.2 Å². The normalized spacial score (nSPS) is 17.4. The Kier molecular flexibility index (Phi) is 2.99. The second kappa shape index (κ2) is 4.67. The number of para-hydroxylation sites is 1. The van der Waals surface area contributed by atoms with Gasteiger partial charge >= 0.3 is 0 Å². The Hall–Kier alpha value is -1.87. The Morgan fingerprint density at radius 1 is 1.37 bits per heavy atom. The summed E-state index contributed by atoms with van der Waals surface area (Å²) >= 11 is 5.85. The first-order valence-corrected chi connectivity index (χ1v) is 6.57. The number of rotatable bonds is 1. The number of amides is 1. The second-order valence-electron chi connectivity index (χ2n) is 4.72. The van der Waals surface area contributed by atoms with Gasteiger partial charge in [0.1, 0.15) is 5.15 Å². The molecule has 1 unspecified atom stereocenters. The molecule has 0 spiro atoms. The molecule has 3 nitrogen and oxygen atoms in total. The highest BCUT2D eigenvalue weighted by Gasteiger charge is 2.31. The number of anilines is 1. The second-order valence-corrected chi connectivity index (χ2v) is 5.11. The highest BCUT2D eigenvalue weighted by atomic mass is 35.5. The van der Waals surface area contributed by atoms with Crippen LogP contribution in [0.1, 0.15) is 22.8 Å². The molecule has 0 fully saturated rings. The van der Waals surface area contributed by atoms with Crippen LogP contribution in [0.25, 0.3) is 0 Å². The number of hydrogen-bond donors (Lipinski definition) is 0. The molecule has 0 saturated carbocycles. The highest BCUT2D eigenvalue weighted by molar-refractivity contribution is 6.29. The zero-order valence-electron chi connectivity index (χ0n) is 10.5. The maximum atomic E-state index is 12.6. The molecule has 2 heterocycles. The smallest absolute Gasteiger partial charge is 0.258 e. The maximum absolute atomic E-state index is 12.6. The molecule has 1 amide bonds. The third-order valence-corrected chi connectivity index (χ3v) is 3.61. The van der Waals surface area contributed by atoms with Gasteiger partial charge in [0.25, 0.3) is 5.91 Å². The van der Waals surface area contributed by atoms with Gasteiger partial charge < -0.3 is 4.90 Å². The van der Waals surface area contributed by atoms with Gasteiger partial charge in [-0.3, -0.25) is 4.79 Å². The van der Waals surface area contributed by atoms with E-state index in [1.54, 1.807) is 18.3 Å². The summed E-state index contributed by atoms with van der Waals surface area (Å²) in [4.78, 5) is 18.4. The minimum Gasteiger partial charge on any atom is -0.305 e. The van der Waals surface area contributed by atoms with Crippen LogP contribution in [-0.2, 0) is 6.42 Å². The minimum absolute atomic E-state index is 0.0262. The summed E-state index contributed by atoms with van der Waals surface area (Å²) in [6, 6.07) is 11.5. The number of pyridine rings is 1. The summed E-state index contributed by atoms with van der Waals surface area (Å²) in [6.07, 6.45) is 2.45. The van der Waals surface area contributed by atoms with Gasteiger partial charge in [0.05, 0.1) is 0 Å². The Morgan fingerprint density at radius 2 is 2.16 bits per heavy atom. The number of benzene rings is 1. The zero-order valence-corrected chi connectivity index (χ0v) is 11.3. The third-order valence-electron chi connectivity index (χ3n) is 3.40. The van der Waals surface area contributed by atoms with E-state index in [0.29, 0.717) is 10.7 Å². The van der Waals surface area contributed by atoms with Gasteiger partial charge in [-0.2, -0.15) is 0 Å². The molecular weight excluding hydrogens is 260 g/mol. The first-order valence-electron chi connectivity index (χ1n) is 6.20. The molecular formula is C15H13ClN2O. The SMILES string of the molecule is CC1Cc2ccccc2N1C(=O)c1ccnc(Cl)c1. The number of aromatic nitrogens is 1. The van der Waals surface area contributed by atoms with E-state index < -0.39 is 0 Å². The summed E-state index contributed by atoms with van der Waals surface area (Å²) < 4.78 is 0. The van der Waals surface area contributed by atoms with Crippen LogP contribution >= 0.6 is 11.6 Å². The van der Waals surface area contributed by atoms with Crippen molar-refractivity contribution in [1.29, 1.82) is 0 Å². The van der Waals surface area contributed by atoms with Gasteiger partial charge in [0.2, 0.25) is 0 Å². The number of fused-ring (bicyclic) bond motifs is 1. The largest absolute Gasteiger partial charge is 0.305 e. The van der Waals surface area contributed by atoms with Crippen molar-refractivity contribution in [3.63, 3.8) is 0 Å². The molecule has 1 aliphatic heterocycles. The van der Waals surface area contributed by atoms with Crippen LogP contribution in [0.4, 0.5) is 5.69 Å². The lowest BCUT2D eigenvalue weighted by molar-refractivity contribution is 0.0981. The van der Waals surface area contributed by atoms with Crippen molar-refractivity contribution in [3.8, 4) is 0 Å². The fourth-order valence-electron chi connectivity index (χ4n) is 2.55. The molecule has 1 atom stereocenters.